The summed E-state index contributed by atoms with van der Waals surface area (Å²) in [5.41, 5.74) is 2.46. The van der Waals surface area contributed by atoms with Crippen LogP contribution in [-0.4, -0.2) is 43.5 Å². The molecule has 2 aromatic carbocycles. The Labute approximate surface area is 212 Å². The molecule has 3 amide bonds. The second-order valence-electron chi connectivity index (χ2n) is 7.44. The van der Waals surface area contributed by atoms with Gasteiger partial charge in [0, 0.05) is 6.54 Å². The van der Waals surface area contributed by atoms with E-state index in [-0.39, 0.29) is 23.1 Å². The summed E-state index contributed by atoms with van der Waals surface area (Å²) in [4.78, 5) is 41.2. The molecule has 2 aliphatic heterocycles. The molecule has 0 spiro atoms. The van der Waals surface area contributed by atoms with Crippen molar-refractivity contribution in [2.45, 2.75) is 6.54 Å². The van der Waals surface area contributed by atoms with Crippen LogP contribution in [0.15, 0.2) is 77.7 Å². The average Bonchev–Trinajstić information content (AvgIpc) is 3.08. The van der Waals surface area contributed by atoms with Gasteiger partial charge < -0.3 is 0 Å². The van der Waals surface area contributed by atoms with Gasteiger partial charge in [0.05, 0.1) is 11.4 Å². The van der Waals surface area contributed by atoms with Crippen LogP contribution in [0.3, 0.4) is 0 Å². The summed E-state index contributed by atoms with van der Waals surface area (Å²) in [6.45, 7) is 4.24. The summed E-state index contributed by atoms with van der Waals surface area (Å²) < 4.78 is 0.519. The molecular formula is C25H19N3O3S3. The highest BCUT2D eigenvalue weighted by Crippen LogP contribution is 2.33. The lowest BCUT2D eigenvalue weighted by Crippen LogP contribution is -2.53. The number of hydrogen-bond acceptors (Lipinski definition) is 6. The molecule has 0 bridgehead atoms. The molecule has 1 N–H and O–H groups in total. The maximum atomic E-state index is 12.9. The largest absolute Gasteiger partial charge is 0.298 e. The molecule has 2 heterocycles. The number of nitrogens with one attached hydrogen (secondary N) is 1. The predicted octanol–water partition coefficient (Wildman–Crippen LogP) is 3.90. The van der Waals surface area contributed by atoms with E-state index in [4.69, 9.17) is 24.4 Å². The van der Waals surface area contributed by atoms with Crippen molar-refractivity contribution in [3.63, 3.8) is 0 Å². The van der Waals surface area contributed by atoms with Gasteiger partial charge in [-0.2, -0.15) is 0 Å². The van der Waals surface area contributed by atoms with Crippen LogP contribution in [0, 0.1) is 0 Å². The molecule has 0 aromatic heterocycles. The zero-order valence-electron chi connectivity index (χ0n) is 17.9. The van der Waals surface area contributed by atoms with Crippen molar-refractivity contribution < 1.29 is 14.4 Å². The van der Waals surface area contributed by atoms with Crippen LogP contribution in [0.5, 0.6) is 0 Å². The molecule has 0 atom stereocenters. The first-order chi connectivity index (χ1) is 16.4. The van der Waals surface area contributed by atoms with Gasteiger partial charge in [-0.25, -0.2) is 0 Å². The summed E-state index contributed by atoms with van der Waals surface area (Å²) in [5, 5.41) is 2.58. The molecule has 0 saturated carbocycles. The fourth-order valence-corrected chi connectivity index (χ4v) is 4.90. The number of nitrogens with zero attached hydrogens (tertiary/aromatic N) is 2. The minimum absolute atomic E-state index is 0.00927. The summed E-state index contributed by atoms with van der Waals surface area (Å²) in [5.74, 6) is -1.14. The van der Waals surface area contributed by atoms with Gasteiger partial charge in [-0.3, -0.25) is 29.5 Å². The fourth-order valence-electron chi connectivity index (χ4n) is 3.40. The fraction of sp³-hybridized carbons (Fsp3) is 0.0800. The van der Waals surface area contributed by atoms with E-state index >= 15 is 0 Å². The lowest BCUT2D eigenvalue weighted by atomic mass is 10.1. The molecule has 0 unspecified atom stereocenters. The molecule has 2 fully saturated rings. The first kappa shape index (κ1) is 23.7. The van der Waals surface area contributed by atoms with Gasteiger partial charge >= 0.3 is 0 Å². The Morgan fingerprint density at radius 3 is 2.18 bits per heavy atom. The third kappa shape index (κ3) is 5.06. The van der Waals surface area contributed by atoms with Crippen molar-refractivity contribution in [1.82, 2.24) is 15.1 Å². The van der Waals surface area contributed by atoms with Crippen molar-refractivity contribution in [2.75, 3.05) is 6.54 Å². The molecule has 2 aliphatic rings. The number of benzene rings is 2. The second kappa shape index (κ2) is 10.3. The zero-order chi connectivity index (χ0) is 24.2. The third-order valence-electron chi connectivity index (χ3n) is 5.10. The van der Waals surface area contributed by atoms with Gasteiger partial charge in [-0.05, 0) is 41.1 Å². The average molecular weight is 506 g/mol. The van der Waals surface area contributed by atoms with Crippen molar-refractivity contribution >= 4 is 75.5 Å². The quantitative estimate of drug-likeness (QED) is 0.278. The number of rotatable bonds is 6. The highest BCUT2D eigenvalue weighted by Gasteiger charge is 2.33. The maximum Gasteiger partial charge on any atom is 0.266 e. The molecule has 34 heavy (non-hydrogen) atoms. The van der Waals surface area contributed by atoms with Gasteiger partial charge in [0.1, 0.15) is 9.89 Å². The number of carbonyl (C=O) groups excluding carboxylic acids is 3. The third-order valence-corrected chi connectivity index (χ3v) is 6.80. The van der Waals surface area contributed by atoms with Crippen molar-refractivity contribution in [1.29, 1.82) is 0 Å². The Bertz CT molecular complexity index is 1270. The molecule has 0 aliphatic carbocycles. The second-order valence-corrected chi connectivity index (χ2v) is 9.50. The monoisotopic (exact) mass is 505 g/mol. The van der Waals surface area contributed by atoms with Crippen LogP contribution in [0.2, 0.25) is 0 Å². The van der Waals surface area contributed by atoms with Crippen LogP contribution in [0.1, 0.15) is 16.7 Å². The van der Waals surface area contributed by atoms with Gasteiger partial charge in [0.25, 0.3) is 17.7 Å². The van der Waals surface area contributed by atoms with Crippen LogP contribution in [0.25, 0.3) is 12.2 Å². The highest BCUT2D eigenvalue weighted by molar-refractivity contribution is 8.26. The topological polar surface area (TPSA) is 69.7 Å². The first-order valence-electron chi connectivity index (χ1n) is 10.3. The van der Waals surface area contributed by atoms with Crippen LogP contribution >= 0.6 is 36.2 Å². The Morgan fingerprint density at radius 1 is 0.882 bits per heavy atom. The molecule has 6 nitrogen and oxygen atoms in total. The van der Waals surface area contributed by atoms with E-state index in [1.54, 1.807) is 23.1 Å². The van der Waals surface area contributed by atoms with E-state index < -0.39 is 11.8 Å². The summed E-state index contributed by atoms with van der Waals surface area (Å²) in [6.07, 6.45) is 4.83. The minimum atomic E-state index is -0.540. The Balaban J connectivity index is 1.50. The van der Waals surface area contributed by atoms with Crippen LogP contribution < -0.4 is 5.32 Å². The number of thiocarbonyl (C=S) groups is 2. The van der Waals surface area contributed by atoms with Crippen molar-refractivity contribution in [2.24, 2.45) is 0 Å². The lowest BCUT2D eigenvalue weighted by molar-refractivity contribution is -0.128. The minimum Gasteiger partial charge on any atom is -0.298 e. The Morgan fingerprint density at radius 2 is 1.53 bits per heavy atom. The molecule has 2 aromatic rings. The van der Waals surface area contributed by atoms with E-state index in [9.17, 15) is 14.4 Å². The molecular weight excluding hydrogens is 486 g/mol. The maximum absolute atomic E-state index is 12.9. The van der Waals surface area contributed by atoms with Crippen molar-refractivity contribution in [3.05, 3.63) is 94.4 Å². The lowest BCUT2D eigenvalue weighted by Gasteiger charge is -2.27. The standard InChI is InChI=1S/C25H19N3O3S3/c1-2-12-27-22(30)19(21(29)26-24(27)32)13-16-8-10-17(11-9-16)14-20-23(31)28(25(33)34-20)15-18-6-4-3-5-7-18/h2-11,13-14H,1,12,15H2,(H,26,29,32)/b19-13+,20-14-. The van der Waals surface area contributed by atoms with Gasteiger partial charge in [-0.1, -0.05) is 84.7 Å². The van der Waals surface area contributed by atoms with Gasteiger partial charge in [0.15, 0.2) is 5.11 Å². The zero-order valence-corrected chi connectivity index (χ0v) is 20.3. The number of carbonyl (C=O) groups is 3. The molecule has 170 valence electrons. The van der Waals surface area contributed by atoms with Gasteiger partial charge in [-0.15, -0.1) is 6.58 Å². The SMILES string of the molecule is C=CCN1C(=O)/C(=C/c2ccc(/C=C3\SC(=S)N(Cc4ccccc4)C3=O)cc2)C(=O)NC1=S. The normalized spacial score (nSPS) is 18.8. The summed E-state index contributed by atoms with van der Waals surface area (Å²) in [6, 6.07) is 16.9. The summed E-state index contributed by atoms with van der Waals surface area (Å²) >= 11 is 11.7. The predicted molar refractivity (Wildman–Crippen MR) is 142 cm³/mol. The van der Waals surface area contributed by atoms with E-state index in [0.29, 0.717) is 21.3 Å². The molecule has 0 radical (unpaired) electrons. The number of amides is 3. The van der Waals surface area contributed by atoms with Crippen molar-refractivity contribution in [3.8, 4) is 0 Å². The summed E-state index contributed by atoms with van der Waals surface area (Å²) in [7, 11) is 0. The first-order valence-corrected chi connectivity index (χ1v) is 11.9. The molecule has 2 saturated heterocycles. The Hall–Kier alpha value is -3.40. The van der Waals surface area contributed by atoms with E-state index in [0.717, 1.165) is 11.1 Å². The molecule has 9 heteroatoms. The number of thioether (sulfide) groups is 1. The highest BCUT2D eigenvalue weighted by atomic mass is 32.2. The van der Waals surface area contributed by atoms with E-state index in [1.165, 1.54) is 28.8 Å². The van der Waals surface area contributed by atoms with Crippen LogP contribution in [-0.2, 0) is 20.9 Å². The number of hydrogen-bond donors (Lipinski definition) is 1. The van der Waals surface area contributed by atoms with Crippen LogP contribution in [0.4, 0.5) is 0 Å². The van der Waals surface area contributed by atoms with E-state index in [2.05, 4.69) is 11.9 Å². The Kier molecular flexibility index (Phi) is 7.16. The van der Waals surface area contributed by atoms with Gasteiger partial charge in [0.2, 0.25) is 0 Å². The van der Waals surface area contributed by atoms with E-state index in [1.807, 2.05) is 42.5 Å². The smallest absolute Gasteiger partial charge is 0.266 e. The molecule has 4 rings (SSSR count).